The second kappa shape index (κ2) is 9.23. The predicted octanol–water partition coefficient (Wildman–Crippen LogP) is 2.75. The van der Waals surface area contributed by atoms with Gasteiger partial charge in [-0.3, -0.25) is 10.1 Å². The number of benzene rings is 2. The van der Waals surface area contributed by atoms with Crippen molar-refractivity contribution in [3.8, 4) is 0 Å². The van der Waals surface area contributed by atoms with Crippen molar-refractivity contribution in [1.29, 1.82) is 0 Å². The van der Waals surface area contributed by atoms with Gasteiger partial charge in [0, 0.05) is 28.9 Å². The lowest BCUT2D eigenvalue weighted by Crippen LogP contribution is -3.13. The molecule has 0 saturated carbocycles. The van der Waals surface area contributed by atoms with Gasteiger partial charge < -0.3 is 9.80 Å². The Morgan fingerprint density at radius 1 is 1.10 bits per heavy atom. The molecule has 1 aliphatic heterocycles. The third-order valence-corrected chi connectivity index (χ3v) is 6.30. The number of nitrogens with zero attached hydrogens (tertiary/aromatic N) is 4. The summed E-state index contributed by atoms with van der Waals surface area (Å²) < 4.78 is 0. The van der Waals surface area contributed by atoms with Gasteiger partial charge in [-0.1, -0.05) is 35.5 Å². The van der Waals surface area contributed by atoms with Gasteiger partial charge >= 0.3 is 0 Å². The highest BCUT2D eigenvalue weighted by molar-refractivity contribution is 7.99. The van der Waals surface area contributed by atoms with E-state index in [0.29, 0.717) is 4.90 Å². The molecule has 0 aliphatic carbocycles. The fourth-order valence-corrected chi connectivity index (χ4v) is 4.48. The van der Waals surface area contributed by atoms with E-state index in [1.165, 1.54) is 22.2 Å². The first-order valence-corrected chi connectivity index (χ1v) is 10.8. The van der Waals surface area contributed by atoms with Crippen molar-refractivity contribution in [1.82, 2.24) is 9.97 Å². The molecule has 0 bridgehead atoms. The molecule has 30 heavy (non-hydrogen) atoms. The molecule has 2 aromatic carbocycles. The molecule has 8 heteroatoms. The Hall–Kier alpha value is -2.97. The summed E-state index contributed by atoms with van der Waals surface area (Å²) in [6, 6.07) is 15.5. The van der Waals surface area contributed by atoms with Gasteiger partial charge in [-0.25, -0.2) is 9.97 Å². The number of rotatable bonds is 6. The highest BCUT2D eigenvalue weighted by Gasteiger charge is 2.23. The molecule has 1 saturated heterocycles. The topological polar surface area (TPSA) is 76.6 Å². The highest BCUT2D eigenvalue weighted by Crippen LogP contribution is 2.35. The van der Waals surface area contributed by atoms with Gasteiger partial charge in [-0.05, 0) is 31.2 Å². The number of aromatic nitrogens is 2. The molecule has 0 atom stereocenters. The van der Waals surface area contributed by atoms with Crippen LogP contribution in [-0.4, -0.2) is 41.1 Å². The summed E-state index contributed by atoms with van der Waals surface area (Å²) in [6.07, 6.45) is 3.52. The van der Waals surface area contributed by atoms with Crippen LogP contribution in [0.3, 0.4) is 0 Å². The monoisotopic (exact) mass is 422 g/mol. The van der Waals surface area contributed by atoms with Crippen LogP contribution in [0.5, 0.6) is 0 Å². The molecule has 1 aromatic heterocycles. The molecule has 0 radical (unpaired) electrons. The van der Waals surface area contributed by atoms with Crippen LogP contribution in [0.15, 0.2) is 70.7 Å². The van der Waals surface area contributed by atoms with Gasteiger partial charge in [-0.15, -0.1) is 0 Å². The van der Waals surface area contributed by atoms with E-state index in [1.807, 2.05) is 49.4 Å². The number of quaternary nitrogens is 1. The molecular weight excluding hydrogens is 398 g/mol. The minimum atomic E-state index is -0.278. The third kappa shape index (κ3) is 4.95. The number of nitro groups is 1. The van der Waals surface area contributed by atoms with E-state index < -0.39 is 0 Å². The molecule has 3 aromatic rings. The standard InChI is InChI=1S/C22H23N5O2S/c1-17-3-6-19(7-4-17)30-21-8-5-18(15-20(21)27(28)29)16-25-11-13-26(14-12-25)22-23-9-2-10-24-22/h2-10,15H,11-14,16H2,1H3/p+1. The summed E-state index contributed by atoms with van der Waals surface area (Å²) >= 11 is 1.43. The molecular formula is C22H24N5O2S+. The molecule has 7 nitrogen and oxygen atoms in total. The second-order valence-corrected chi connectivity index (χ2v) is 8.55. The fraction of sp³-hybridized carbons (Fsp3) is 0.273. The summed E-state index contributed by atoms with van der Waals surface area (Å²) in [5.41, 5.74) is 2.34. The zero-order chi connectivity index (χ0) is 20.9. The van der Waals surface area contributed by atoms with E-state index in [-0.39, 0.29) is 10.6 Å². The normalized spacial score (nSPS) is 14.6. The van der Waals surface area contributed by atoms with Crippen molar-refractivity contribution >= 4 is 23.4 Å². The SMILES string of the molecule is Cc1ccc(Sc2ccc(C[NH+]3CCN(c4ncccn4)CC3)cc2[N+](=O)[O-])cc1. The van der Waals surface area contributed by atoms with E-state index in [1.54, 1.807) is 18.5 Å². The molecule has 2 heterocycles. The first kappa shape index (κ1) is 20.3. The van der Waals surface area contributed by atoms with Crippen molar-refractivity contribution < 1.29 is 9.82 Å². The van der Waals surface area contributed by atoms with Crippen LogP contribution < -0.4 is 9.80 Å². The van der Waals surface area contributed by atoms with Crippen molar-refractivity contribution in [2.45, 2.75) is 23.3 Å². The van der Waals surface area contributed by atoms with Crippen LogP contribution in [0.1, 0.15) is 11.1 Å². The number of nitro benzene ring substituents is 1. The van der Waals surface area contributed by atoms with Crippen LogP contribution in [0, 0.1) is 17.0 Å². The Labute approximate surface area is 179 Å². The summed E-state index contributed by atoms with van der Waals surface area (Å²) in [6.45, 7) is 6.46. The second-order valence-electron chi connectivity index (χ2n) is 7.44. The highest BCUT2D eigenvalue weighted by atomic mass is 32.2. The largest absolute Gasteiger partial charge is 0.330 e. The molecule has 0 spiro atoms. The predicted molar refractivity (Wildman–Crippen MR) is 117 cm³/mol. The number of hydrogen-bond acceptors (Lipinski definition) is 6. The first-order valence-electron chi connectivity index (χ1n) is 9.96. The summed E-state index contributed by atoms with van der Waals surface area (Å²) in [4.78, 5) is 25.3. The molecule has 0 unspecified atom stereocenters. The lowest BCUT2D eigenvalue weighted by molar-refractivity contribution is -0.914. The van der Waals surface area contributed by atoms with E-state index in [9.17, 15) is 10.1 Å². The van der Waals surface area contributed by atoms with E-state index >= 15 is 0 Å². The lowest BCUT2D eigenvalue weighted by Gasteiger charge is -2.32. The molecule has 1 aliphatic rings. The molecule has 0 amide bonds. The Balaban J connectivity index is 1.42. The minimum absolute atomic E-state index is 0.175. The summed E-state index contributed by atoms with van der Waals surface area (Å²) in [5, 5.41) is 11.7. The van der Waals surface area contributed by atoms with Gasteiger partial charge in [0.15, 0.2) is 0 Å². The van der Waals surface area contributed by atoms with Crippen LogP contribution in [0.2, 0.25) is 0 Å². The first-order chi connectivity index (χ1) is 14.6. The molecule has 1 N–H and O–H groups in total. The smallest absolute Gasteiger partial charge is 0.283 e. The van der Waals surface area contributed by atoms with Crippen LogP contribution in [0.4, 0.5) is 11.6 Å². The Morgan fingerprint density at radius 2 is 1.80 bits per heavy atom. The average Bonchev–Trinajstić information content (AvgIpc) is 2.77. The van der Waals surface area contributed by atoms with Crippen LogP contribution in [-0.2, 0) is 6.54 Å². The van der Waals surface area contributed by atoms with Gasteiger partial charge in [0.1, 0.15) is 6.54 Å². The number of aryl methyl sites for hydroxylation is 1. The molecule has 154 valence electrons. The van der Waals surface area contributed by atoms with Gasteiger partial charge in [0.25, 0.3) is 5.69 Å². The Bertz CT molecular complexity index is 1010. The number of piperazine rings is 1. The Kier molecular flexibility index (Phi) is 6.25. The van der Waals surface area contributed by atoms with Crippen LogP contribution in [0.25, 0.3) is 0 Å². The maximum Gasteiger partial charge on any atom is 0.283 e. The maximum absolute atomic E-state index is 11.7. The quantitative estimate of drug-likeness (QED) is 0.486. The lowest BCUT2D eigenvalue weighted by atomic mass is 10.1. The zero-order valence-electron chi connectivity index (χ0n) is 16.8. The van der Waals surface area contributed by atoms with Gasteiger partial charge in [0.2, 0.25) is 5.95 Å². The third-order valence-electron chi connectivity index (χ3n) is 5.23. The average molecular weight is 423 g/mol. The van der Waals surface area contributed by atoms with Crippen molar-refractivity contribution in [2.75, 3.05) is 31.1 Å². The van der Waals surface area contributed by atoms with E-state index in [2.05, 4.69) is 14.9 Å². The number of nitrogens with one attached hydrogen (secondary N) is 1. The fourth-order valence-electron chi connectivity index (χ4n) is 3.58. The summed E-state index contributed by atoms with van der Waals surface area (Å²) in [7, 11) is 0. The van der Waals surface area contributed by atoms with Gasteiger partial charge in [-0.2, -0.15) is 0 Å². The van der Waals surface area contributed by atoms with Crippen molar-refractivity contribution in [3.63, 3.8) is 0 Å². The maximum atomic E-state index is 11.7. The van der Waals surface area contributed by atoms with E-state index in [0.717, 1.165) is 49.1 Å². The van der Waals surface area contributed by atoms with E-state index in [4.69, 9.17) is 0 Å². The van der Waals surface area contributed by atoms with Crippen LogP contribution >= 0.6 is 11.8 Å². The van der Waals surface area contributed by atoms with Crippen molar-refractivity contribution in [3.05, 3.63) is 82.2 Å². The van der Waals surface area contributed by atoms with Crippen molar-refractivity contribution in [2.24, 2.45) is 0 Å². The Morgan fingerprint density at radius 3 is 2.47 bits per heavy atom. The molecule has 1 fully saturated rings. The van der Waals surface area contributed by atoms with Gasteiger partial charge in [0.05, 0.1) is 36.0 Å². The zero-order valence-corrected chi connectivity index (χ0v) is 17.6. The molecule has 4 rings (SSSR count). The number of hydrogen-bond donors (Lipinski definition) is 1. The minimum Gasteiger partial charge on any atom is -0.330 e. The number of anilines is 1. The summed E-state index contributed by atoms with van der Waals surface area (Å²) in [5.74, 6) is 0.768.